The molecule has 2 heterocycles. The van der Waals surface area contributed by atoms with Crippen LogP contribution >= 0.6 is 0 Å². The summed E-state index contributed by atoms with van der Waals surface area (Å²) in [5.74, 6) is 0. The van der Waals surface area contributed by atoms with E-state index in [1.54, 1.807) is 0 Å². The molecule has 0 aliphatic carbocycles. The van der Waals surface area contributed by atoms with Crippen LogP contribution in [0.15, 0.2) is 48.8 Å². The van der Waals surface area contributed by atoms with Crippen LogP contribution in [0, 0.1) is 10.7 Å². The molecule has 1 N–H and O–H groups in total. The van der Waals surface area contributed by atoms with Gasteiger partial charge in [0.2, 0.25) is 0 Å². The first-order valence-electron chi connectivity index (χ1n) is 8.03. The summed E-state index contributed by atoms with van der Waals surface area (Å²) in [6.45, 7) is 3.12. The number of H-pyrrole nitrogens is 1. The number of aromatic nitrogens is 4. The molecular formula is C18H22N4Pt. The van der Waals surface area contributed by atoms with E-state index in [0.29, 0.717) is 0 Å². The van der Waals surface area contributed by atoms with E-state index in [2.05, 4.69) is 87.5 Å². The van der Waals surface area contributed by atoms with Gasteiger partial charge in [-0.25, -0.2) is 0 Å². The van der Waals surface area contributed by atoms with Crippen molar-refractivity contribution in [2.75, 3.05) is 0 Å². The van der Waals surface area contributed by atoms with E-state index in [9.17, 15) is 0 Å². The number of aryl methyl sites for hydroxylation is 3. The van der Waals surface area contributed by atoms with Crippen molar-refractivity contribution in [2.24, 2.45) is 0 Å². The number of nitrogens with zero attached hydrogens (tertiary/aromatic N) is 3. The van der Waals surface area contributed by atoms with Crippen molar-refractivity contribution in [3.05, 3.63) is 64.0 Å². The van der Waals surface area contributed by atoms with Crippen LogP contribution in [0.1, 0.15) is 30.7 Å². The van der Waals surface area contributed by atoms with Crippen LogP contribution in [0.4, 0.5) is 0 Å². The molecule has 4 nitrogen and oxygen atoms in total. The van der Waals surface area contributed by atoms with Crippen molar-refractivity contribution in [1.82, 2.24) is 19.3 Å². The van der Waals surface area contributed by atoms with Gasteiger partial charge in [0.05, 0.1) is 0 Å². The summed E-state index contributed by atoms with van der Waals surface area (Å²) < 4.78 is 5.81. The molecule has 0 bridgehead atoms. The topological polar surface area (TPSA) is 38.5 Å². The Morgan fingerprint density at radius 1 is 1.09 bits per heavy atom. The van der Waals surface area contributed by atoms with Gasteiger partial charge in [0.1, 0.15) is 0 Å². The zero-order valence-corrected chi connectivity index (χ0v) is 15.6. The molecule has 0 fully saturated rings. The van der Waals surface area contributed by atoms with Gasteiger partial charge in [-0.1, -0.05) is 0 Å². The summed E-state index contributed by atoms with van der Waals surface area (Å²) in [6, 6.07) is 12.6. The molecular weight excluding hydrogens is 467 g/mol. The minimum absolute atomic E-state index is 1.07. The fourth-order valence-corrected chi connectivity index (χ4v) is 3.59. The van der Waals surface area contributed by atoms with Crippen LogP contribution in [0.5, 0.6) is 0 Å². The molecule has 2 aromatic heterocycles. The van der Waals surface area contributed by atoms with Crippen molar-refractivity contribution in [3.63, 3.8) is 0 Å². The third-order valence-corrected chi connectivity index (χ3v) is 5.12. The zero-order valence-electron chi connectivity index (χ0n) is 13.3. The molecule has 0 spiro atoms. The summed E-state index contributed by atoms with van der Waals surface area (Å²) in [7, 11) is 0. The van der Waals surface area contributed by atoms with E-state index in [1.165, 1.54) is 34.4 Å². The van der Waals surface area contributed by atoms with E-state index in [0.717, 1.165) is 18.7 Å². The van der Waals surface area contributed by atoms with E-state index < -0.39 is 0 Å². The number of benzene rings is 1. The van der Waals surface area contributed by atoms with Gasteiger partial charge in [-0.2, -0.15) is 0 Å². The van der Waals surface area contributed by atoms with Crippen molar-refractivity contribution in [2.45, 2.75) is 39.2 Å². The van der Waals surface area contributed by atoms with Crippen molar-refractivity contribution >= 4 is 0 Å². The second-order valence-electron chi connectivity index (χ2n) is 5.79. The van der Waals surface area contributed by atoms with Gasteiger partial charge in [-0.05, 0) is 0 Å². The number of hydrogen-bond donors (Lipinski definition) is 1. The van der Waals surface area contributed by atoms with Crippen molar-refractivity contribution < 1.29 is 19.4 Å². The first-order valence-corrected chi connectivity index (χ1v) is 9.17. The second kappa shape index (κ2) is 7.74. The molecule has 0 unspecified atom stereocenters. The first kappa shape index (κ1) is 16.2. The van der Waals surface area contributed by atoms with E-state index in [4.69, 9.17) is 0 Å². The molecule has 0 aliphatic heterocycles. The van der Waals surface area contributed by atoms with E-state index >= 15 is 0 Å². The molecule has 0 atom stereocenters. The molecule has 5 heteroatoms. The fourth-order valence-electron chi connectivity index (χ4n) is 2.70. The van der Waals surface area contributed by atoms with Gasteiger partial charge < -0.3 is 0 Å². The number of unbranched alkanes of at least 4 members (excludes halogenated alkanes) is 2. The Morgan fingerprint density at radius 2 is 1.91 bits per heavy atom. The van der Waals surface area contributed by atoms with Gasteiger partial charge >= 0.3 is 148 Å². The average Bonchev–Trinajstić information content (AvgIpc) is 3.14. The van der Waals surface area contributed by atoms with Gasteiger partial charge in [-0.15, -0.1) is 0 Å². The Kier molecular flexibility index (Phi) is 5.45. The third kappa shape index (κ3) is 4.20. The molecule has 1 aromatic carbocycles. The molecule has 124 valence electrons. The normalized spacial score (nSPS) is 11.1. The minimum atomic E-state index is 1.07. The fraction of sp³-hybridized carbons (Fsp3) is 0.333. The maximum absolute atomic E-state index is 4.29. The average molecular weight is 489 g/mol. The number of imidazole rings is 1. The zero-order chi connectivity index (χ0) is 16.1. The number of rotatable bonds is 7. The number of hydrogen-bond acceptors (Lipinski definition) is 1. The molecule has 3 rings (SSSR count). The summed E-state index contributed by atoms with van der Waals surface area (Å²) in [5.41, 5.74) is 3.54. The monoisotopic (exact) mass is 489 g/mol. The first-order chi connectivity index (χ1) is 11.2. The number of nitrogens with one attached hydrogen (secondary N) is 1. The van der Waals surface area contributed by atoms with Gasteiger partial charge in [0.15, 0.2) is 0 Å². The van der Waals surface area contributed by atoms with Crippen LogP contribution in [-0.2, 0) is 32.3 Å². The molecule has 3 aromatic rings. The van der Waals surface area contributed by atoms with Gasteiger partial charge in [-0.3, -0.25) is 0 Å². The molecule has 0 saturated heterocycles. The summed E-state index contributed by atoms with van der Waals surface area (Å²) in [4.78, 5) is 0. The predicted molar refractivity (Wildman–Crippen MR) is 87.9 cm³/mol. The number of aromatic amines is 1. The Bertz CT molecular complexity index is 798. The van der Waals surface area contributed by atoms with Crippen LogP contribution in [0.25, 0.3) is 5.69 Å². The number of para-hydroxylation sites is 1. The quantitative estimate of drug-likeness (QED) is 0.504. The Balaban J connectivity index is 1.49. The SMILES string of the molecule is Cc1cc(CCCCCn2ccn(-c3ccccc3)[c]2=[Pt])n[nH]1. The Morgan fingerprint density at radius 3 is 2.65 bits per heavy atom. The second-order valence-corrected chi connectivity index (χ2v) is 6.81. The third-order valence-electron chi connectivity index (χ3n) is 3.92. The Hall–Kier alpha value is -1.67. The standard InChI is InChI=1S/C18H22N4.Pt/c1-16-14-17(20-19-16)8-4-3-7-11-21-12-13-22(15-21)18-9-5-2-6-10-18;/h2,5-6,9-10,12-14H,3-4,7-8,11H2,1H3,(H,19,20);. The molecule has 0 radical (unpaired) electrons. The van der Waals surface area contributed by atoms with Gasteiger partial charge in [0.25, 0.3) is 0 Å². The van der Waals surface area contributed by atoms with Crippen LogP contribution in [0.3, 0.4) is 0 Å². The summed E-state index contributed by atoms with van der Waals surface area (Å²) in [6.07, 6.45) is 9.00. The van der Waals surface area contributed by atoms with E-state index in [-0.39, 0.29) is 0 Å². The molecule has 0 aliphatic rings. The van der Waals surface area contributed by atoms with E-state index in [1.807, 2.05) is 6.92 Å². The molecule has 0 amide bonds. The van der Waals surface area contributed by atoms with Crippen LogP contribution in [0.2, 0.25) is 0 Å². The maximum atomic E-state index is 4.29. The predicted octanol–water partition coefficient (Wildman–Crippen LogP) is 3.80. The van der Waals surface area contributed by atoms with Crippen molar-refractivity contribution in [1.29, 1.82) is 0 Å². The Labute approximate surface area is 147 Å². The summed E-state index contributed by atoms with van der Waals surface area (Å²) >= 11 is 2.41. The van der Waals surface area contributed by atoms with Gasteiger partial charge in [0, 0.05) is 0 Å². The van der Waals surface area contributed by atoms with Crippen LogP contribution < -0.4 is 0 Å². The molecule has 0 saturated carbocycles. The van der Waals surface area contributed by atoms with Crippen molar-refractivity contribution in [3.8, 4) is 5.69 Å². The van der Waals surface area contributed by atoms with Crippen LogP contribution in [-0.4, -0.2) is 19.3 Å². The molecule has 23 heavy (non-hydrogen) atoms. The summed E-state index contributed by atoms with van der Waals surface area (Å²) in [5, 5.41) is 7.29.